The summed E-state index contributed by atoms with van der Waals surface area (Å²) in [5.41, 5.74) is 3.99. The third kappa shape index (κ3) is 8.24. The van der Waals surface area contributed by atoms with Crippen molar-refractivity contribution in [1.29, 1.82) is 0 Å². The quantitative estimate of drug-likeness (QED) is 0.282. The van der Waals surface area contributed by atoms with Crippen LogP contribution in [0.5, 0.6) is 0 Å². The van der Waals surface area contributed by atoms with E-state index in [4.69, 9.17) is 14.2 Å². The molecule has 1 heterocycles. The zero-order chi connectivity index (χ0) is 30.2. The van der Waals surface area contributed by atoms with Gasteiger partial charge in [-0.05, 0) is 49.7 Å². The highest BCUT2D eigenvalue weighted by molar-refractivity contribution is 5.94. The molecule has 3 aromatic rings. The normalized spacial score (nSPS) is 20.9. The van der Waals surface area contributed by atoms with Gasteiger partial charge in [0.25, 0.3) is 5.91 Å². The lowest BCUT2D eigenvalue weighted by molar-refractivity contribution is -0.253. The van der Waals surface area contributed by atoms with E-state index in [1.165, 1.54) is 13.8 Å². The minimum Gasteiger partial charge on any atom is -0.453 e. The average Bonchev–Trinajstić information content (AvgIpc) is 3.00. The van der Waals surface area contributed by atoms with Crippen LogP contribution in [0.1, 0.15) is 67.9 Å². The standard InChI is InChI=1S/C33H40N2O7/c1-21(31(38)26-8-6-5-7-9-26)35(4)19-29-18-30(25-12-10-24(20-36)11-13-25)42-33(41-29)27-14-16-28(17-15-27)34-32(39)22(2)40-23(3)37/h5-17,21-22,29-31,33,36,38H,18-20H2,1-4H3,(H,34,39)/t21-,22+,29-,30+,31-,33+/m1/s1. The Hall–Kier alpha value is -3.60. The fraction of sp³-hybridized carbons (Fsp3) is 0.394. The molecular weight excluding hydrogens is 536 g/mol. The molecule has 9 nitrogen and oxygen atoms in total. The molecule has 4 rings (SSSR count). The van der Waals surface area contributed by atoms with Gasteiger partial charge in [-0.1, -0.05) is 66.7 Å². The van der Waals surface area contributed by atoms with Gasteiger partial charge in [0, 0.05) is 37.2 Å². The lowest BCUT2D eigenvalue weighted by Gasteiger charge is -2.39. The van der Waals surface area contributed by atoms with Crippen molar-refractivity contribution in [1.82, 2.24) is 4.90 Å². The first kappa shape index (κ1) is 31.3. The minimum atomic E-state index is -0.911. The molecule has 1 aliphatic heterocycles. The first-order valence-electron chi connectivity index (χ1n) is 14.2. The van der Waals surface area contributed by atoms with Crippen LogP contribution in [0.25, 0.3) is 0 Å². The van der Waals surface area contributed by atoms with Crippen molar-refractivity contribution in [3.05, 3.63) is 101 Å². The highest BCUT2D eigenvalue weighted by Gasteiger charge is 2.34. The minimum absolute atomic E-state index is 0.0326. The third-order valence-electron chi connectivity index (χ3n) is 7.56. The maximum absolute atomic E-state index is 12.3. The van der Waals surface area contributed by atoms with Crippen molar-refractivity contribution in [3.8, 4) is 0 Å². The molecule has 1 amide bonds. The van der Waals surface area contributed by atoms with Crippen LogP contribution in [0.4, 0.5) is 5.69 Å². The molecule has 9 heteroatoms. The number of nitrogens with one attached hydrogen (secondary N) is 1. The number of amides is 1. The zero-order valence-electron chi connectivity index (χ0n) is 24.5. The summed E-state index contributed by atoms with van der Waals surface area (Å²) in [6.45, 7) is 5.30. The molecule has 0 spiro atoms. The van der Waals surface area contributed by atoms with E-state index in [9.17, 15) is 19.8 Å². The summed E-state index contributed by atoms with van der Waals surface area (Å²) in [6, 6.07) is 24.3. The fourth-order valence-electron chi connectivity index (χ4n) is 4.96. The number of ether oxygens (including phenoxy) is 3. The molecule has 1 aliphatic rings. The Morgan fingerprint density at radius 3 is 2.24 bits per heavy atom. The second-order valence-electron chi connectivity index (χ2n) is 10.7. The smallest absolute Gasteiger partial charge is 0.303 e. The summed E-state index contributed by atoms with van der Waals surface area (Å²) in [5.74, 6) is -0.950. The summed E-state index contributed by atoms with van der Waals surface area (Å²) >= 11 is 0. The molecule has 0 unspecified atom stereocenters. The fourth-order valence-corrected chi connectivity index (χ4v) is 4.96. The van der Waals surface area contributed by atoms with Crippen LogP contribution in [-0.2, 0) is 30.4 Å². The maximum Gasteiger partial charge on any atom is 0.303 e. The summed E-state index contributed by atoms with van der Waals surface area (Å²) in [5, 5.41) is 23.2. The highest BCUT2D eigenvalue weighted by Crippen LogP contribution is 2.38. The Morgan fingerprint density at radius 1 is 0.976 bits per heavy atom. The zero-order valence-corrected chi connectivity index (χ0v) is 24.5. The molecule has 224 valence electrons. The van der Waals surface area contributed by atoms with Crippen LogP contribution >= 0.6 is 0 Å². The van der Waals surface area contributed by atoms with Crippen molar-refractivity contribution in [2.45, 2.75) is 70.5 Å². The highest BCUT2D eigenvalue weighted by atomic mass is 16.7. The predicted octanol–water partition coefficient (Wildman–Crippen LogP) is 4.67. The first-order chi connectivity index (χ1) is 20.1. The van der Waals surface area contributed by atoms with Gasteiger partial charge in [-0.25, -0.2) is 0 Å². The van der Waals surface area contributed by atoms with Gasteiger partial charge < -0.3 is 29.7 Å². The molecule has 6 atom stereocenters. The van der Waals surface area contributed by atoms with Gasteiger partial charge in [0.1, 0.15) is 0 Å². The largest absolute Gasteiger partial charge is 0.453 e. The van der Waals surface area contributed by atoms with Crippen molar-refractivity contribution in [3.63, 3.8) is 0 Å². The molecule has 42 heavy (non-hydrogen) atoms. The van der Waals surface area contributed by atoms with Gasteiger partial charge in [-0.3, -0.25) is 14.5 Å². The number of nitrogens with zero attached hydrogens (tertiary/aromatic N) is 1. The number of aliphatic hydroxyl groups excluding tert-OH is 2. The number of likely N-dealkylation sites (N-methyl/N-ethyl adjacent to an activating group) is 1. The molecule has 0 aromatic heterocycles. The van der Waals surface area contributed by atoms with Crippen LogP contribution in [-0.4, -0.2) is 58.8 Å². The number of rotatable bonds is 11. The molecule has 0 bridgehead atoms. The molecule has 3 N–H and O–H groups in total. The molecule has 0 aliphatic carbocycles. The summed E-state index contributed by atoms with van der Waals surface area (Å²) in [7, 11) is 1.98. The number of hydrogen-bond acceptors (Lipinski definition) is 8. The van der Waals surface area contributed by atoms with E-state index in [0.29, 0.717) is 18.7 Å². The van der Waals surface area contributed by atoms with Gasteiger partial charge in [-0.2, -0.15) is 0 Å². The Bertz CT molecular complexity index is 1300. The van der Waals surface area contributed by atoms with Gasteiger partial charge >= 0.3 is 5.97 Å². The summed E-state index contributed by atoms with van der Waals surface area (Å²) in [4.78, 5) is 25.6. The molecule has 0 saturated carbocycles. The topological polar surface area (TPSA) is 118 Å². The van der Waals surface area contributed by atoms with E-state index in [1.807, 2.05) is 80.7 Å². The van der Waals surface area contributed by atoms with Crippen molar-refractivity contribution < 1.29 is 34.0 Å². The number of aliphatic hydroxyl groups is 2. The van der Waals surface area contributed by atoms with Crippen molar-refractivity contribution in [2.24, 2.45) is 0 Å². The van der Waals surface area contributed by atoms with E-state index < -0.39 is 30.4 Å². The third-order valence-corrected chi connectivity index (χ3v) is 7.56. The van der Waals surface area contributed by atoms with Crippen LogP contribution in [0, 0.1) is 0 Å². The SMILES string of the molecule is CC(=O)O[C@@H](C)C(=O)Nc1ccc([C@H]2O[C@@H](CN(C)[C@H](C)[C@@H](O)c3ccccc3)C[C@@H](c3ccc(CO)cc3)O2)cc1. The number of hydrogen-bond donors (Lipinski definition) is 3. The van der Waals surface area contributed by atoms with Crippen molar-refractivity contribution >= 4 is 17.6 Å². The maximum atomic E-state index is 12.3. The Balaban J connectivity index is 1.49. The molecular formula is C33H40N2O7. The van der Waals surface area contributed by atoms with Gasteiger partial charge in [-0.15, -0.1) is 0 Å². The Labute approximate surface area is 247 Å². The monoisotopic (exact) mass is 576 g/mol. The van der Waals surface area contributed by atoms with E-state index in [2.05, 4.69) is 10.2 Å². The summed E-state index contributed by atoms with van der Waals surface area (Å²) in [6.07, 6.45) is -2.08. The van der Waals surface area contributed by atoms with E-state index in [1.54, 1.807) is 12.1 Å². The lowest BCUT2D eigenvalue weighted by Crippen LogP contribution is -2.43. The van der Waals surface area contributed by atoms with E-state index in [-0.39, 0.29) is 24.9 Å². The lowest BCUT2D eigenvalue weighted by atomic mass is 9.98. The molecule has 1 fully saturated rings. The van der Waals surface area contributed by atoms with Crippen molar-refractivity contribution in [2.75, 3.05) is 18.9 Å². The number of anilines is 1. The number of carbonyl (C=O) groups is 2. The van der Waals surface area contributed by atoms with Crippen LogP contribution in [0.15, 0.2) is 78.9 Å². The number of esters is 1. The predicted molar refractivity (Wildman–Crippen MR) is 158 cm³/mol. The van der Waals surface area contributed by atoms with Gasteiger partial charge in [0.15, 0.2) is 12.4 Å². The van der Waals surface area contributed by atoms with Crippen LogP contribution in [0.2, 0.25) is 0 Å². The Kier molecular flexibility index (Phi) is 10.8. The molecule has 1 saturated heterocycles. The van der Waals surface area contributed by atoms with Crippen LogP contribution < -0.4 is 5.32 Å². The van der Waals surface area contributed by atoms with Gasteiger partial charge in [0.05, 0.1) is 24.9 Å². The summed E-state index contributed by atoms with van der Waals surface area (Å²) < 4.78 is 17.8. The molecule has 0 radical (unpaired) electrons. The van der Waals surface area contributed by atoms with E-state index >= 15 is 0 Å². The second kappa shape index (κ2) is 14.5. The second-order valence-corrected chi connectivity index (χ2v) is 10.7. The van der Waals surface area contributed by atoms with E-state index in [0.717, 1.165) is 22.3 Å². The number of carbonyl (C=O) groups excluding carboxylic acids is 2. The average molecular weight is 577 g/mol. The van der Waals surface area contributed by atoms with Gasteiger partial charge in [0.2, 0.25) is 0 Å². The molecule has 3 aromatic carbocycles. The first-order valence-corrected chi connectivity index (χ1v) is 14.2. The number of benzene rings is 3. The Morgan fingerprint density at radius 2 is 1.62 bits per heavy atom. The van der Waals surface area contributed by atoms with Crippen LogP contribution in [0.3, 0.4) is 0 Å².